The summed E-state index contributed by atoms with van der Waals surface area (Å²) in [4.78, 5) is 31.1. The van der Waals surface area contributed by atoms with Gasteiger partial charge in [0.1, 0.15) is 5.01 Å². The number of rotatable bonds is 4. The number of hydrogen-bond acceptors (Lipinski definition) is 5. The summed E-state index contributed by atoms with van der Waals surface area (Å²) < 4.78 is 5.84. The summed E-state index contributed by atoms with van der Waals surface area (Å²) in [7, 11) is 0. The molecular weight excluding hydrogens is 362 g/mol. The molecule has 3 atom stereocenters. The molecule has 2 aromatic rings. The summed E-state index contributed by atoms with van der Waals surface area (Å²) in [6, 6.07) is 9.90. The van der Waals surface area contributed by atoms with Crippen molar-refractivity contribution >= 4 is 23.2 Å². The lowest BCUT2D eigenvalue weighted by atomic mass is 9.81. The standard InChI is InChI=1S/C20H23N3O3S/c21-19(25)14-6-7-17-16(10-14)23(8-9-26-17)18(24)11-15-12-27-20(22-15)13-4-2-1-3-5-13/h1-5,12,14,16-17H,6-11H2,(H2,21,25)/t14-,16+,17+/m0/s1. The van der Waals surface area contributed by atoms with E-state index in [1.54, 1.807) is 11.3 Å². The average molecular weight is 385 g/mol. The molecule has 0 bridgehead atoms. The Balaban J connectivity index is 1.46. The van der Waals surface area contributed by atoms with Crippen LogP contribution in [0.3, 0.4) is 0 Å². The van der Waals surface area contributed by atoms with E-state index in [4.69, 9.17) is 10.5 Å². The number of hydrogen-bond donors (Lipinski definition) is 1. The van der Waals surface area contributed by atoms with Crippen molar-refractivity contribution < 1.29 is 14.3 Å². The Hall–Kier alpha value is -2.25. The van der Waals surface area contributed by atoms with Crippen LogP contribution in [0.4, 0.5) is 0 Å². The van der Waals surface area contributed by atoms with Gasteiger partial charge in [-0.2, -0.15) is 0 Å². The molecule has 2 N–H and O–H groups in total. The number of carbonyl (C=O) groups excluding carboxylic acids is 2. The molecule has 2 fully saturated rings. The van der Waals surface area contributed by atoms with Gasteiger partial charge in [0.2, 0.25) is 11.8 Å². The predicted molar refractivity (Wildman–Crippen MR) is 103 cm³/mol. The molecular formula is C20H23N3O3S. The van der Waals surface area contributed by atoms with Crippen molar-refractivity contribution in [3.63, 3.8) is 0 Å². The number of primary amides is 1. The van der Waals surface area contributed by atoms with Crippen LogP contribution in [0.25, 0.3) is 10.6 Å². The highest BCUT2D eigenvalue weighted by Gasteiger charge is 2.41. The Morgan fingerprint density at radius 1 is 1.26 bits per heavy atom. The number of carbonyl (C=O) groups is 2. The van der Waals surface area contributed by atoms with Gasteiger partial charge in [-0.15, -0.1) is 11.3 Å². The van der Waals surface area contributed by atoms with Crippen LogP contribution in [0.1, 0.15) is 25.0 Å². The lowest BCUT2D eigenvalue weighted by Crippen LogP contribution is -2.57. The molecule has 142 valence electrons. The molecule has 0 unspecified atom stereocenters. The third kappa shape index (κ3) is 3.89. The normalized spacial score (nSPS) is 25.0. The SMILES string of the molecule is NC(=O)[C@H]1CC[C@H]2OCCN(C(=O)Cc3csc(-c4ccccc4)n3)[C@@H]2C1. The number of thiazole rings is 1. The van der Waals surface area contributed by atoms with Gasteiger partial charge in [0.05, 0.1) is 30.9 Å². The molecule has 2 heterocycles. The Morgan fingerprint density at radius 3 is 2.85 bits per heavy atom. The summed E-state index contributed by atoms with van der Waals surface area (Å²) in [5, 5.41) is 2.87. The number of amides is 2. The van der Waals surface area contributed by atoms with Gasteiger partial charge >= 0.3 is 0 Å². The van der Waals surface area contributed by atoms with Crippen molar-refractivity contribution in [3.05, 3.63) is 41.4 Å². The van der Waals surface area contributed by atoms with Crippen LogP contribution < -0.4 is 5.73 Å². The molecule has 1 aliphatic heterocycles. The second-order valence-corrected chi connectivity index (χ2v) is 8.02. The van der Waals surface area contributed by atoms with Crippen molar-refractivity contribution in [1.82, 2.24) is 9.88 Å². The molecule has 1 aliphatic carbocycles. The molecule has 27 heavy (non-hydrogen) atoms. The summed E-state index contributed by atoms with van der Waals surface area (Å²) >= 11 is 1.55. The van der Waals surface area contributed by atoms with Crippen LogP contribution in [0.2, 0.25) is 0 Å². The highest BCUT2D eigenvalue weighted by atomic mass is 32.1. The van der Waals surface area contributed by atoms with Crippen LogP contribution >= 0.6 is 11.3 Å². The smallest absolute Gasteiger partial charge is 0.229 e. The maximum absolute atomic E-state index is 13.0. The fraction of sp³-hybridized carbons (Fsp3) is 0.450. The van der Waals surface area contributed by atoms with Crippen LogP contribution in [-0.4, -0.2) is 47.0 Å². The molecule has 6 nitrogen and oxygen atoms in total. The van der Waals surface area contributed by atoms with E-state index in [-0.39, 0.29) is 36.3 Å². The lowest BCUT2D eigenvalue weighted by molar-refractivity contribution is -0.153. The molecule has 1 saturated carbocycles. The maximum atomic E-state index is 13.0. The largest absolute Gasteiger partial charge is 0.374 e. The van der Waals surface area contributed by atoms with Gasteiger partial charge in [0.15, 0.2) is 0 Å². The number of fused-ring (bicyclic) bond motifs is 1. The second-order valence-electron chi connectivity index (χ2n) is 7.16. The number of ether oxygens (including phenoxy) is 1. The average Bonchev–Trinajstić information content (AvgIpc) is 3.16. The first-order valence-corrected chi connectivity index (χ1v) is 10.2. The molecule has 0 spiro atoms. The summed E-state index contributed by atoms with van der Waals surface area (Å²) in [6.07, 6.45) is 2.39. The van der Waals surface area contributed by atoms with Crippen LogP contribution in [0, 0.1) is 5.92 Å². The zero-order valence-corrected chi connectivity index (χ0v) is 15.9. The van der Waals surface area contributed by atoms with Crippen molar-refractivity contribution in [2.24, 2.45) is 11.7 Å². The number of nitrogens with zero attached hydrogens (tertiary/aromatic N) is 2. The third-order valence-electron chi connectivity index (χ3n) is 5.45. The minimum Gasteiger partial charge on any atom is -0.374 e. The Labute approximate surface area is 162 Å². The molecule has 7 heteroatoms. The minimum atomic E-state index is -0.279. The topological polar surface area (TPSA) is 85.5 Å². The quantitative estimate of drug-likeness (QED) is 0.875. The fourth-order valence-corrected chi connectivity index (χ4v) is 4.86. The third-order valence-corrected chi connectivity index (χ3v) is 6.39. The van der Waals surface area contributed by atoms with Crippen LogP contribution in [-0.2, 0) is 20.7 Å². The summed E-state index contributed by atoms with van der Waals surface area (Å²) in [6.45, 7) is 1.10. The number of morpholine rings is 1. The molecule has 1 aromatic carbocycles. The Morgan fingerprint density at radius 2 is 2.07 bits per heavy atom. The van der Waals surface area contributed by atoms with Crippen LogP contribution in [0.5, 0.6) is 0 Å². The summed E-state index contributed by atoms with van der Waals surface area (Å²) in [5.41, 5.74) is 7.35. The Kier molecular flexibility index (Phi) is 5.22. The highest BCUT2D eigenvalue weighted by molar-refractivity contribution is 7.13. The minimum absolute atomic E-state index is 0.00798. The molecule has 1 saturated heterocycles. The number of aromatic nitrogens is 1. The predicted octanol–water partition coefficient (Wildman–Crippen LogP) is 2.23. The fourth-order valence-electron chi connectivity index (χ4n) is 4.04. The van der Waals surface area contributed by atoms with Gasteiger partial charge in [-0.05, 0) is 19.3 Å². The van der Waals surface area contributed by atoms with E-state index in [2.05, 4.69) is 4.98 Å². The van der Waals surface area contributed by atoms with Gasteiger partial charge in [-0.3, -0.25) is 9.59 Å². The second kappa shape index (κ2) is 7.78. The van der Waals surface area contributed by atoms with E-state index in [1.807, 2.05) is 40.6 Å². The van der Waals surface area contributed by atoms with E-state index in [9.17, 15) is 9.59 Å². The van der Waals surface area contributed by atoms with E-state index in [0.717, 1.165) is 29.1 Å². The lowest BCUT2D eigenvalue weighted by Gasteiger charge is -2.45. The van der Waals surface area contributed by atoms with Gasteiger partial charge in [0.25, 0.3) is 0 Å². The first-order chi connectivity index (χ1) is 13.1. The highest BCUT2D eigenvalue weighted by Crippen LogP contribution is 2.32. The molecule has 2 aliphatic rings. The van der Waals surface area contributed by atoms with Crippen molar-refractivity contribution in [2.75, 3.05) is 13.2 Å². The number of nitrogens with two attached hydrogens (primary N) is 1. The summed E-state index contributed by atoms with van der Waals surface area (Å²) in [5.74, 6) is -0.408. The zero-order valence-electron chi connectivity index (χ0n) is 15.0. The first kappa shape index (κ1) is 18.1. The Bertz CT molecular complexity index is 823. The van der Waals surface area contributed by atoms with Gasteiger partial charge in [0, 0.05) is 23.4 Å². The first-order valence-electron chi connectivity index (χ1n) is 9.32. The van der Waals surface area contributed by atoms with E-state index in [1.165, 1.54) is 0 Å². The van der Waals surface area contributed by atoms with Crippen LogP contribution in [0.15, 0.2) is 35.7 Å². The zero-order chi connectivity index (χ0) is 18.8. The van der Waals surface area contributed by atoms with Crippen molar-refractivity contribution in [1.29, 1.82) is 0 Å². The van der Waals surface area contributed by atoms with Gasteiger partial charge in [-0.1, -0.05) is 30.3 Å². The monoisotopic (exact) mass is 385 g/mol. The van der Waals surface area contributed by atoms with Gasteiger partial charge < -0.3 is 15.4 Å². The molecule has 2 amide bonds. The van der Waals surface area contributed by atoms with E-state index in [0.29, 0.717) is 19.6 Å². The van der Waals surface area contributed by atoms with Crippen molar-refractivity contribution in [2.45, 2.75) is 37.8 Å². The molecule has 0 radical (unpaired) electrons. The van der Waals surface area contributed by atoms with E-state index < -0.39 is 0 Å². The van der Waals surface area contributed by atoms with Gasteiger partial charge in [-0.25, -0.2) is 4.98 Å². The molecule has 4 rings (SSSR count). The van der Waals surface area contributed by atoms with Crippen molar-refractivity contribution in [3.8, 4) is 10.6 Å². The molecule has 1 aromatic heterocycles. The number of benzene rings is 1. The maximum Gasteiger partial charge on any atom is 0.229 e. The van der Waals surface area contributed by atoms with E-state index >= 15 is 0 Å².